The molecule has 2 nitrogen and oxygen atoms in total. The van der Waals surface area contributed by atoms with Crippen LogP contribution >= 0.6 is 0 Å². The van der Waals surface area contributed by atoms with Crippen molar-refractivity contribution in [1.82, 2.24) is 0 Å². The van der Waals surface area contributed by atoms with Crippen molar-refractivity contribution in [2.75, 3.05) is 0 Å². The fourth-order valence-corrected chi connectivity index (χ4v) is 1.42. The van der Waals surface area contributed by atoms with Crippen LogP contribution in [-0.4, -0.2) is 11.1 Å². The second-order valence-corrected chi connectivity index (χ2v) is 3.55. The fourth-order valence-electron chi connectivity index (χ4n) is 1.42. The van der Waals surface area contributed by atoms with E-state index in [4.69, 9.17) is 5.11 Å². The van der Waals surface area contributed by atoms with E-state index in [1.54, 1.807) is 0 Å². The number of halogens is 4. The molecule has 0 fully saturated rings. The molecule has 1 aromatic carbocycles. The van der Waals surface area contributed by atoms with Crippen LogP contribution in [0.25, 0.3) is 0 Å². The summed E-state index contributed by atoms with van der Waals surface area (Å²) >= 11 is 0. The summed E-state index contributed by atoms with van der Waals surface area (Å²) in [4.78, 5) is 10.2. The van der Waals surface area contributed by atoms with Crippen molar-refractivity contribution < 1.29 is 27.5 Å². The number of aliphatic carboxylic acids is 1. The number of carboxylic acids is 1. The lowest BCUT2D eigenvalue weighted by atomic mass is 10.1. The van der Waals surface area contributed by atoms with Gasteiger partial charge in [0.1, 0.15) is 0 Å². The molecular weight excluding hydrogens is 240 g/mol. The Morgan fingerprint density at radius 2 is 1.59 bits per heavy atom. The molecule has 94 valence electrons. The normalized spacial score (nSPS) is 10.6. The quantitative estimate of drug-likeness (QED) is 0.495. The molecule has 0 unspecified atom stereocenters. The Balaban J connectivity index is 2.73. The minimum absolute atomic E-state index is 0.142. The van der Waals surface area contributed by atoms with Crippen LogP contribution in [0.4, 0.5) is 17.6 Å². The summed E-state index contributed by atoms with van der Waals surface area (Å²) in [6, 6.07) is 0.144. The van der Waals surface area contributed by atoms with E-state index in [0.29, 0.717) is 0 Å². The molecule has 0 heterocycles. The number of carboxylic acid groups (broad SMARTS) is 1. The first-order chi connectivity index (χ1) is 7.93. The number of hydrogen-bond acceptors (Lipinski definition) is 1. The van der Waals surface area contributed by atoms with E-state index in [0.717, 1.165) is 0 Å². The SMILES string of the molecule is O=C(O)CCCCc1c(F)c(F)cc(F)c1F. The van der Waals surface area contributed by atoms with E-state index >= 15 is 0 Å². The molecule has 0 radical (unpaired) electrons. The molecule has 17 heavy (non-hydrogen) atoms. The number of unbranched alkanes of at least 4 members (excludes halogenated alkanes) is 1. The van der Waals surface area contributed by atoms with Gasteiger partial charge in [0.05, 0.1) is 0 Å². The lowest BCUT2D eigenvalue weighted by molar-refractivity contribution is -0.137. The highest BCUT2D eigenvalue weighted by Crippen LogP contribution is 2.21. The Hall–Kier alpha value is -1.59. The van der Waals surface area contributed by atoms with Crippen LogP contribution in [0.15, 0.2) is 6.07 Å². The molecule has 1 rings (SSSR count). The van der Waals surface area contributed by atoms with Gasteiger partial charge in [0.15, 0.2) is 23.3 Å². The van der Waals surface area contributed by atoms with Gasteiger partial charge in [0.25, 0.3) is 0 Å². The summed E-state index contributed by atoms with van der Waals surface area (Å²) in [6.45, 7) is 0. The second-order valence-electron chi connectivity index (χ2n) is 3.55. The van der Waals surface area contributed by atoms with Gasteiger partial charge >= 0.3 is 5.97 Å². The monoisotopic (exact) mass is 250 g/mol. The predicted molar refractivity (Wildman–Crippen MR) is 51.5 cm³/mol. The molecule has 1 aromatic rings. The largest absolute Gasteiger partial charge is 0.481 e. The van der Waals surface area contributed by atoms with Crippen molar-refractivity contribution in [2.45, 2.75) is 25.7 Å². The van der Waals surface area contributed by atoms with Crippen LogP contribution in [0, 0.1) is 23.3 Å². The molecule has 0 bridgehead atoms. The topological polar surface area (TPSA) is 37.3 Å². The minimum Gasteiger partial charge on any atom is -0.481 e. The van der Waals surface area contributed by atoms with Gasteiger partial charge in [0.2, 0.25) is 0 Å². The third kappa shape index (κ3) is 3.44. The molecule has 0 amide bonds. The molecule has 6 heteroatoms. The Labute approximate surface area is 94.9 Å². The lowest BCUT2D eigenvalue weighted by Gasteiger charge is -2.06. The molecule has 0 aromatic heterocycles. The Morgan fingerprint density at radius 3 is 2.06 bits per heavy atom. The van der Waals surface area contributed by atoms with Gasteiger partial charge in [0, 0.05) is 18.1 Å². The van der Waals surface area contributed by atoms with E-state index in [1.165, 1.54) is 0 Å². The highest BCUT2D eigenvalue weighted by molar-refractivity contribution is 5.66. The van der Waals surface area contributed by atoms with E-state index < -0.39 is 34.8 Å². The van der Waals surface area contributed by atoms with Crippen molar-refractivity contribution in [3.63, 3.8) is 0 Å². The molecule has 0 saturated heterocycles. The highest BCUT2D eigenvalue weighted by Gasteiger charge is 2.18. The van der Waals surface area contributed by atoms with E-state index in [-0.39, 0.29) is 31.7 Å². The summed E-state index contributed by atoms with van der Waals surface area (Å²) in [6.07, 6.45) is -0.0595. The van der Waals surface area contributed by atoms with Crippen molar-refractivity contribution in [2.24, 2.45) is 0 Å². The van der Waals surface area contributed by atoms with Crippen molar-refractivity contribution >= 4 is 5.97 Å². The summed E-state index contributed by atoms with van der Waals surface area (Å²) in [5.41, 5.74) is -0.673. The van der Waals surface area contributed by atoms with Crippen molar-refractivity contribution in [1.29, 1.82) is 0 Å². The summed E-state index contributed by atoms with van der Waals surface area (Å²) in [7, 11) is 0. The maximum Gasteiger partial charge on any atom is 0.303 e. The summed E-state index contributed by atoms with van der Waals surface area (Å²) < 4.78 is 51.8. The smallest absolute Gasteiger partial charge is 0.303 e. The zero-order valence-corrected chi connectivity index (χ0v) is 8.77. The van der Waals surface area contributed by atoms with Gasteiger partial charge in [-0.25, -0.2) is 17.6 Å². The first-order valence-electron chi connectivity index (χ1n) is 4.97. The standard InChI is InChI=1S/C11H10F4O2/c12-7-5-8(13)11(15)6(10(7)14)3-1-2-4-9(16)17/h5H,1-4H2,(H,16,17). The number of hydrogen-bond donors (Lipinski definition) is 1. The first-order valence-corrected chi connectivity index (χ1v) is 4.97. The summed E-state index contributed by atoms with van der Waals surface area (Å²) in [5.74, 6) is -6.76. The second kappa shape index (κ2) is 5.65. The Morgan fingerprint density at radius 1 is 1.06 bits per heavy atom. The predicted octanol–water partition coefficient (Wildman–Crippen LogP) is 3.04. The van der Waals surface area contributed by atoms with Crippen LogP contribution in [0.1, 0.15) is 24.8 Å². The Kier molecular flexibility index (Phi) is 4.48. The Bertz CT molecular complexity index is 406. The molecule has 1 N–H and O–H groups in total. The molecule has 0 saturated carbocycles. The zero-order chi connectivity index (χ0) is 13.0. The molecular formula is C11H10F4O2. The van der Waals surface area contributed by atoms with Crippen LogP contribution < -0.4 is 0 Å². The summed E-state index contributed by atoms with van der Waals surface area (Å²) in [5, 5.41) is 8.34. The van der Waals surface area contributed by atoms with E-state index in [9.17, 15) is 22.4 Å². The number of rotatable bonds is 5. The average Bonchev–Trinajstić information content (AvgIpc) is 2.25. The average molecular weight is 250 g/mol. The highest BCUT2D eigenvalue weighted by atomic mass is 19.2. The van der Waals surface area contributed by atoms with Gasteiger partial charge in [-0.1, -0.05) is 0 Å². The van der Waals surface area contributed by atoms with Crippen molar-refractivity contribution in [3.8, 4) is 0 Å². The fraction of sp³-hybridized carbons (Fsp3) is 0.364. The molecule has 0 aliphatic rings. The molecule has 0 spiro atoms. The van der Waals surface area contributed by atoms with E-state index in [2.05, 4.69) is 0 Å². The van der Waals surface area contributed by atoms with Crippen LogP contribution in [0.2, 0.25) is 0 Å². The maximum absolute atomic E-state index is 13.1. The van der Waals surface area contributed by atoms with Gasteiger partial charge in [-0.2, -0.15) is 0 Å². The zero-order valence-electron chi connectivity index (χ0n) is 8.77. The van der Waals surface area contributed by atoms with Gasteiger partial charge in [-0.3, -0.25) is 4.79 Å². The van der Waals surface area contributed by atoms with Crippen LogP contribution in [0.3, 0.4) is 0 Å². The molecule has 0 aliphatic carbocycles. The number of carbonyl (C=O) groups is 1. The molecule has 0 atom stereocenters. The molecule has 0 aliphatic heterocycles. The minimum atomic E-state index is -1.45. The maximum atomic E-state index is 13.1. The van der Waals surface area contributed by atoms with Gasteiger partial charge in [-0.15, -0.1) is 0 Å². The van der Waals surface area contributed by atoms with Gasteiger partial charge < -0.3 is 5.11 Å². The van der Waals surface area contributed by atoms with Crippen LogP contribution in [-0.2, 0) is 11.2 Å². The number of benzene rings is 1. The van der Waals surface area contributed by atoms with Crippen LogP contribution in [0.5, 0.6) is 0 Å². The van der Waals surface area contributed by atoms with Gasteiger partial charge in [-0.05, 0) is 19.3 Å². The van der Waals surface area contributed by atoms with E-state index in [1.807, 2.05) is 0 Å². The third-order valence-electron chi connectivity index (χ3n) is 2.27. The van der Waals surface area contributed by atoms with Crippen molar-refractivity contribution in [3.05, 3.63) is 34.9 Å². The lowest BCUT2D eigenvalue weighted by Crippen LogP contribution is -2.03. The third-order valence-corrected chi connectivity index (χ3v) is 2.27. The first kappa shape index (κ1) is 13.5.